The molecule has 0 aromatic rings. The van der Waals surface area contributed by atoms with E-state index in [0.29, 0.717) is 19.4 Å². The number of alkyl halides is 2. The lowest BCUT2D eigenvalue weighted by molar-refractivity contribution is -0.143. The number of ether oxygens (including phenoxy) is 1. The Bertz CT molecular complexity index is 140. The van der Waals surface area contributed by atoms with Gasteiger partial charge in [0.2, 0.25) is 0 Å². The lowest BCUT2D eigenvalue weighted by Gasteiger charge is -1.97. The molecule has 5 heteroatoms. The van der Waals surface area contributed by atoms with E-state index in [1.165, 1.54) is 25.7 Å². The van der Waals surface area contributed by atoms with Gasteiger partial charge in [-0.1, -0.05) is 39.5 Å². The average molecular weight is 303 g/mol. The fourth-order valence-corrected chi connectivity index (χ4v) is 0.957. The minimum atomic E-state index is -0.230. The van der Waals surface area contributed by atoms with Gasteiger partial charge in [-0.15, -0.1) is 23.2 Å². The van der Waals surface area contributed by atoms with Gasteiger partial charge in [0, 0.05) is 13.0 Å². The second-order valence-electron chi connectivity index (χ2n) is 3.44. The van der Waals surface area contributed by atoms with Crippen molar-refractivity contribution in [3.05, 3.63) is 0 Å². The quantitative estimate of drug-likeness (QED) is 0.432. The molecule has 0 aromatic carbocycles. The molecule has 0 unspecified atom stereocenters. The van der Waals surface area contributed by atoms with Crippen molar-refractivity contribution < 1.29 is 14.6 Å². The van der Waals surface area contributed by atoms with Crippen molar-refractivity contribution in [2.24, 2.45) is 0 Å². The number of halogens is 2. The van der Waals surface area contributed by atoms with E-state index in [1.54, 1.807) is 6.92 Å². The van der Waals surface area contributed by atoms with Crippen LogP contribution in [0.1, 0.15) is 59.3 Å². The summed E-state index contributed by atoms with van der Waals surface area (Å²) >= 11 is 9.53. The summed E-state index contributed by atoms with van der Waals surface area (Å²) in [4.78, 5) is 10.5. The van der Waals surface area contributed by atoms with Crippen LogP contribution in [0.4, 0.5) is 0 Å². The van der Waals surface area contributed by atoms with E-state index in [9.17, 15) is 4.79 Å². The fraction of sp³-hybridized carbons (Fsp3) is 0.923. The van der Waals surface area contributed by atoms with Crippen molar-refractivity contribution in [1.29, 1.82) is 0 Å². The average Bonchev–Trinajstić information content (AvgIpc) is 2.36. The molecule has 1 N–H and O–H groups in total. The molecule has 0 aromatic heterocycles. The van der Waals surface area contributed by atoms with E-state index in [4.69, 9.17) is 28.3 Å². The first-order valence-electron chi connectivity index (χ1n) is 6.52. The van der Waals surface area contributed by atoms with Crippen molar-refractivity contribution in [2.75, 3.05) is 18.6 Å². The van der Waals surface area contributed by atoms with E-state index in [0.717, 1.165) is 0 Å². The minimum absolute atomic E-state index is 0.0544. The molecule has 18 heavy (non-hydrogen) atoms. The summed E-state index contributed by atoms with van der Waals surface area (Å²) in [6, 6.07) is 0. The second-order valence-corrected chi connectivity index (χ2v) is 4.25. The van der Waals surface area contributed by atoms with Gasteiger partial charge in [0.1, 0.15) is 0 Å². The molecule has 0 aliphatic heterocycles. The van der Waals surface area contributed by atoms with Crippen LogP contribution >= 0.6 is 23.2 Å². The normalized spacial score (nSPS) is 8.56. The molecule has 0 aliphatic rings. The molecular formula is C13H28Cl2O3. The maximum atomic E-state index is 10.5. The van der Waals surface area contributed by atoms with Crippen LogP contribution in [0.2, 0.25) is 0 Å². The standard InChI is InChI=1S/C6H12O3.C6H14.CH2Cl2/c1-2-9-6(8)4-3-5-7;1-3-5-6-4-2;2-1-3/h7H,2-5H2,1H3;3-6H2,1-2H3;1H2. The van der Waals surface area contributed by atoms with Crippen LogP contribution in [0.25, 0.3) is 0 Å². The van der Waals surface area contributed by atoms with Crippen LogP contribution < -0.4 is 0 Å². The Morgan fingerprint density at radius 2 is 1.50 bits per heavy atom. The van der Waals surface area contributed by atoms with Gasteiger partial charge in [-0.3, -0.25) is 4.79 Å². The molecular weight excluding hydrogens is 275 g/mol. The maximum Gasteiger partial charge on any atom is 0.305 e. The van der Waals surface area contributed by atoms with Crippen molar-refractivity contribution in [3.63, 3.8) is 0 Å². The van der Waals surface area contributed by atoms with Gasteiger partial charge in [-0.05, 0) is 13.3 Å². The summed E-state index contributed by atoms with van der Waals surface area (Å²) in [7, 11) is 0. The zero-order chi connectivity index (χ0) is 14.6. The molecule has 112 valence electrons. The minimum Gasteiger partial charge on any atom is -0.466 e. The van der Waals surface area contributed by atoms with Crippen molar-refractivity contribution in [1.82, 2.24) is 0 Å². The fourth-order valence-electron chi connectivity index (χ4n) is 0.957. The first kappa shape index (κ1) is 23.1. The number of hydrogen-bond donors (Lipinski definition) is 1. The molecule has 0 saturated heterocycles. The molecule has 0 fully saturated rings. The lowest BCUT2D eigenvalue weighted by atomic mass is 10.2. The molecule has 0 radical (unpaired) electrons. The molecule has 0 spiro atoms. The van der Waals surface area contributed by atoms with Crippen LogP contribution in [-0.4, -0.2) is 29.6 Å². The Labute approximate surface area is 122 Å². The second kappa shape index (κ2) is 25.8. The zero-order valence-electron chi connectivity index (χ0n) is 11.9. The van der Waals surface area contributed by atoms with E-state index >= 15 is 0 Å². The van der Waals surface area contributed by atoms with Gasteiger partial charge in [-0.25, -0.2) is 0 Å². The predicted octanol–water partition coefficient (Wildman–Crippen LogP) is 4.33. The lowest BCUT2D eigenvalue weighted by Crippen LogP contribution is -2.03. The molecule has 0 atom stereocenters. The van der Waals surface area contributed by atoms with Crippen molar-refractivity contribution in [2.45, 2.75) is 59.3 Å². The highest BCUT2D eigenvalue weighted by Gasteiger charge is 1.97. The van der Waals surface area contributed by atoms with Gasteiger partial charge in [0.25, 0.3) is 0 Å². The zero-order valence-corrected chi connectivity index (χ0v) is 13.4. The van der Waals surface area contributed by atoms with Gasteiger partial charge in [-0.2, -0.15) is 0 Å². The highest BCUT2D eigenvalue weighted by molar-refractivity contribution is 6.40. The number of aliphatic hydroxyl groups excluding tert-OH is 1. The highest BCUT2D eigenvalue weighted by atomic mass is 35.5. The van der Waals surface area contributed by atoms with E-state index in [1.807, 2.05) is 0 Å². The number of rotatable bonds is 7. The maximum absolute atomic E-state index is 10.5. The van der Waals surface area contributed by atoms with E-state index < -0.39 is 0 Å². The molecule has 0 aliphatic carbocycles. The molecule has 0 bridgehead atoms. The summed E-state index contributed by atoms with van der Waals surface area (Å²) in [5.74, 6) is -0.230. The highest BCUT2D eigenvalue weighted by Crippen LogP contribution is 1.95. The Morgan fingerprint density at radius 1 is 1.06 bits per heavy atom. The predicted molar refractivity (Wildman–Crippen MR) is 79.3 cm³/mol. The number of aliphatic hydroxyl groups is 1. The van der Waals surface area contributed by atoms with Crippen LogP contribution in [0.3, 0.4) is 0 Å². The monoisotopic (exact) mass is 302 g/mol. The van der Waals surface area contributed by atoms with Crippen LogP contribution in [0.5, 0.6) is 0 Å². The van der Waals surface area contributed by atoms with Gasteiger partial charge >= 0.3 is 5.97 Å². The third kappa shape index (κ3) is 36.0. The summed E-state index contributed by atoms with van der Waals surface area (Å²) < 4.78 is 4.59. The Hall–Kier alpha value is 0.01000. The first-order chi connectivity index (χ1) is 8.64. The number of hydrogen-bond acceptors (Lipinski definition) is 3. The van der Waals surface area contributed by atoms with E-state index in [2.05, 4.69) is 18.6 Å². The van der Waals surface area contributed by atoms with Crippen LogP contribution in [0, 0.1) is 0 Å². The summed E-state index contributed by atoms with van der Waals surface area (Å²) in [6.45, 7) is 6.70. The third-order valence-corrected chi connectivity index (χ3v) is 1.80. The van der Waals surface area contributed by atoms with Gasteiger partial charge in [0.15, 0.2) is 0 Å². The molecule has 0 heterocycles. The Balaban J connectivity index is -0.000000216. The number of esters is 1. The van der Waals surface area contributed by atoms with Crippen LogP contribution in [0.15, 0.2) is 0 Å². The molecule has 0 saturated carbocycles. The Morgan fingerprint density at radius 3 is 1.78 bits per heavy atom. The smallest absolute Gasteiger partial charge is 0.305 e. The first-order valence-corrected chi connectivity index (χ1v) is 7.59. The van der Waals surface area contributed by atoms with Crippen LogP contribution in [-0.2, 0) is 9.53 Å². The molecule has 0 rings (SSSR count). The third-order valence-electron chi connectivity index (χ3n) is 1.80. The van der Waals surface area contributed by atoms with Crippen molar-refractivity contribution >= 4 is 29.2 Å². The van der Waals surface area contributed by atoms with Gasteiger partial charge < -0.3 is 9.84 Å². The topological polar surface area (TPSA) is 46.5 Å². The summed E-state index contributed by atoms with van der Waals surface area (Å²) in [5, 5.41) is 8.47. The summed E-state index contributed by atoms with van der Waals surface area (Å²) in [5.41, 5.74) is 0. The molecule has 3 nitrogen and oxygen atoms in total. The van der Waals surface area contributed by atoms with E-state index in [-0.39, 0.29) is 17.9 Å². The summed E-state index contributed by atoms with van der Waals surface area (Å²) in [6.07, 6.45) is 6.36. The number of carbonyl (C=O) groups is 1. The SMILES string of the molecule is CCCCCC.CCOC(=O)CCCO.ClCCl. The number of unbranched alkanes of at least 4 members (excludes halogenated alkanes) is 3. The van der Waals surface area contributed by atoms with Gasteiger partial charge in [0.05, 0.1) is 11.9 Å². The Kier molecular flexibility index (Phi) is 33.1. The largest absolute Gasteiger partial charge is 0.466 e. The molecule has 0 amide bonds. The number of carbonyl (C=O) groups excluding carboxylic acids is 1. The van der Waals surface area contributed by atoms with Crippen molar-refractivity contribution in [3.8, 4) is 0 Å².